The van der Waals surface area contributed by atoms with Crippen LogP contribution in [-0.4, -0.2) is 0 Å². The van der Waals surface area contributed by atoms with Crippen LogP contribution in [-0.2, 0) is 6.42 Å². The number of hydrogen-bond acceptors (Lipinski definition) is 0. The summed E-state index contributed by atoms with van der Waals surface area (Å²) in [6.45, 7) is 4.53. The van der Waals surface area contributed by atoms with Crippen molar-refractivity contribution >= 4 is 11.6 Å². The van der Waals surface area contributed by atoms with Gasteiger partial charge in [0, 0.05) is 5.02 Å². The molecule has 0 aliphatic carbocycles. The molecule has 0 aliphatic heterocycles. The van der Waals surface area contributed by atoms with E-state index in [0.717, 1.165) is 10.9 Å². The zero-order valence-corrected chi connectivity index (χ0v) is 9.85. The summed E-state index contributed by atoms with van der Waals surface area (Å²) in [5, 5.41) is 0.831. The molecule has 0 aromatic heterocycles. The van der Waals surface area contributed by atoms with Crippen molar-refractivity contribution < 1.29 is 0 Å². The van der Waals surface area contributed by atoms with Crippen LogP contribution in [0.2, 0.25) is 5.02 Å². The topological polar surface area (TPSA) is 0 Å². The van der Waals surface area contributed by atoms with Gasteiger partial charge in [0.05, 0.1) is 0 Å². The highest BCUT2D eigenvalue weighted by Crippen LogP contribution is 2.18. The van der Waals surface area contributed by atoms with Gasteiger partial charge in [-0.3, -0.25) is 0 Å². The van der Waals surface area contributed by atoms with Crippen molar-refractivity contribution in [2.24, 2.45) is 5.92 Å². The molecule has 0 N–H and O–H groups in total. The van der Waals surface area contributed by atoms with E-state index < -0.39 is 0 Å². The minimum atomic E-state index is 0.831. The quantitative estimate of drug-likeness (QED) is 0.661. The lowest BCUT2D eigenvalue weighted by Gasteiger charge is -2.13. The fourth-order valence-electron chi connectivity index (χ4n) is 1.81. The lowest BCUT2D eigenvalue weighted by molar-refractivity contribution is 0.462. The Bertz CT molecular complexity index is 250. The van der Waals surface area contributed by atoms with Gasteiger partial charge in [0.1, 0.15) is 0 Å². The van der Waals surface area contributed by atoms with Crippen LogP contribution in [0.15, 0.2) is 24.3 Å². The van der Waals surface area contributed by atoms with E-state index in [-0.39, 0.29) is 0 Å². The minimum Gasteiger partial charge on any atom is -0.0843 e. The maximum absolute atomic E-state index is 5.84. The van der Waals surface area contributed by atoms with Crippen molar-refractivity contribution in [2.45, 2.75) is 39.5 Å². The average Bonchev–Trinajstić information content (AvgIpc) is 2.20. The molecule has 1 heteroatoms. The third-order valence-corrected chi connectivity index (χ3v) is 2.96. The first-order valence-electron chi connectivity index (χ1n) is 5.50. The summed E-state index contributed by atoms with van der Waals surface area (Å²) >= 11 is 5.84. The summed E-state index contributed by atoms with van der Waals surface area (Å²) in [5.41, 5.74) is 1.41. The van der Waals surface area contributed by atoms with Crippen LogP contribution in [0.3, 0.4) is 0 Å². The van der Waals surface area contributed by atoms with Gasteiger partial charge in [0.25, 0.3) is 0 Å². The van der Waals surface area contributed by atoms with Crippen LogP contribution in [0.4, 0.5) is 0 Å². The highest BCUT2D eigenvalue weighted by atomic mass is 35.5. The van der Waals surface area contributed by atoms with Crippen LogP contribution in [0.1, 0.15) is 38.7 Å². The SMILES string of the molecule is CCC[C@@H](CC)Cc1ccc(Cl)cc1. The Balaban J connectivity index is 2.53. The van der Waals surface area contributed by atoms with Crippen LogP contribution < -0.4 is 0 Å². The first-order valence-corrected chi connectivity index (χ1v) is 5.88. The molecule has 78 valence electrons. The Hall–Kier alpha value is -0.490. The normalized spacial score (nSPS) is 12.8. The van der Waals surface area contributed by atoms with Crippen molar-refractivity contribution in [3.63, 3.8) is 0 Å². The van der Waals surface area contributed by atoms with Gasteiger partial charge in [-0.2, -0.15) is 0 Å². The molecule has 1 atom stereocenters. The van der Waals surface area contributed by atoms with E-state index in [4.69, 9.17) is 11.6 Å². The fraction of sp³-hybridized carbons (Fsp3) is 0.538. The summed E-state index contributed by atoms with van der Waals surface area (Å²) in [4.78, 5) is 0. The molecule has 0 unspecified atom stereocenters. The summed E-state index contributed by atoms with van der Waals surface area (Å²) in [5.74, 6) is 0.834. The Morgan fingerprint density at radius 1 is 1.14 bits per heavy atom. The van der Waals surface area contributed by atoms with E-state index in [1.54, 1.807) is 0 Å². The molecule has 14 heavy (non-hydrogen) atoms. The van der Waals surface area contributed by atoms with Gasteiger partial charge in [-0.05, 0) is 30.0 Å². The molecule has 1 rings (SSSR count). The molecule has 0 heterocycles. The third-order valence-electron chi connectivity index (χ3n) is 2.71. The third kappa shape index (κ3) is 3.71. The predicted octanol–water partition coefficient (Wildman–Crippen LogP) is 4.71. The molecule has 1 aromatic rings. The smallest absolute Gasteiger partial charge is 0.0406 e. The molecule has 0 nitrogen and oxygen atoms in total. The van der Waals surface area contributed by atoms with Gasteiger partial charge in [-0.25, -0.2) is 0 Å². The van der Waals surface area contributed by atoms with E-state index in [0.29, 0.717) is 0 Å². The summed E-state index contributed by atoms with van der Waals surface area (Å²) in [6.07, 6.45) is 5.09. The second-order valence-electron chi connectivity index (χ2n) is 3.89. The second-order valence-corrected chi connectivity index (χ2v) is 4.33. The standard InChI is InChI=1S/C13H19Cl/c1-3-5-11(4-2)10-12-6-8-13(14)9-7-12/h6-9,11H,3-5,10H2,1-2H3/t11-/m1/s1. The number of hydrogen-bond donors (Lipinski definition) is 0. The van der Waals surface area contributed by atoms with Gasteiger partial charge >= 0.3 is 0 Å². The molecular formula is C13H19Cl. The molecule has 0 radical (unpaired) electrons. The van der Waals surface area contributed by atoms with Gasteiger partial charge in [-0.15, -0.1) is 0 Å². The molecule has 0 fully saturated rings. The average molecular weight is 211 g/mol. The first-order chi connectivity index (χ1) is 6.76. The number of halogens is 1. The van der Waals surface area contributed by atoms with Crippen LogP contribution in [0, 0.1) is 5.92 Å². The van der Waals surface area contributed by atoms with E-state index >= 15 is 0 Å². The van der Waals surface area contributed by atoms with Crippen molar-refractivity contribution in [2.75, 3.05) is 0 Å². The highest BCUT2D eigenvalue weighted by molar-refractivity contribution is 6.30. The molecule has 0 amide bonds. The summed E-state index contributed by atoms with van der Waals surface area (Å²) in [7, 11) is 0. The van der Waals surface area contributed by atoms with Crippen molar-refractivity contribution in [1.82, 2.24) is 0 Å². The van der Waals surface area contributed by atoms with Crippen molar-refractivity contribution in [3.05, 3.63) is 34.9 Å². The summed E-state index contributed by atoms with van der Waals surface area (Å²) < 4.78 is 0. The minimum absolute atomic E-state index is 0.831. The van der Waals surface area contributed by atoms with E-state index in [2.05, 4.69) is 26.0 Å². The van der Waals surface area contributed by atoms with Gasteiger partial charge in [-0.1, -0.05) is 56.8 Å². The van der Waals surface area contributed by atoms with Crippen LogP contribution in [0.5, 0.6) is 0 Å². The van der Waals surface area contributed by atoms with E-state index in [1.807, 2.05) is 12.1 Å². The van der Waals surface area contributed by atoms with Crippen LogP contribution in [0.25, 0.3) is 0 Å². The fourth-order valence-corrected chi connectivity index (χ4v) is 1.94. The maximum Gasteiger partial charge on any atom is 0.0406 e. The van der Waals surface area contributed by atoms with Gasteiger partial charge in [0.2, 0.25) is 0 Å². The molecule has 0 saturated carbocycles. The number of benzene rings is 1. The zero-order chi connectivity index (χ0) is 10.4. The number of rotatable bonds is 5. The van der Waals surface area contributed by atoms with E-state index in [1.165, 1.54) is 31.2 Å². The molecular weight excluding hydrogens is 192 g/mol. The highest BCUT2D eigenvalue weighted by Gasteiger charge is 2.05. The molecule has 0 bridgehead atoms. The second kappa shape index (κ2) is 6.08. The molecule has 1 aromatic carbocycles. The predicted molar refractivity (Wildman–Crippen MR) is 63.8 cm³/mol. The molecule has 0 spiro atoms. The summed E-state index contributed by atoms with van der Waals surface area (Å²) in [6, 6.07) is 8.24. The molecule has 0 saturated heterocycles. The Kier molecular flexibility index (Phi) is 5.03. The largest absolute Gasteiger partial charge is 0.0843 e. The zero-order valence-electron chi connectivity index (χ0n) is 9.09. The maximum atomic E-state index is 5.84. The van der Waals surface area contributed by atoms with Gasteiger partial charge in [0.15, 0.2) is 0 Å². The first kappa shape index (κ1) is 11.6. The Morgan fingerprint density at radius 3 is 2.29 bits per heavy atom. The van der Waals surface area contributed by atoms with Crippen molar-refractivity contribution in [3.8, 4) is 0 Å². The Labute approximate surface area is 92.3 Å². The monoisotopic (exact) mass is 210 g/mol. The van der Waals surface area contributed by atoms with Gasteiger partial charge < -0.3 is 0 Å². The van der Waals surface area contributed by atoms with Crippen molar-refractivity contribution in [1.29, 1.82) is 0 Å². The van der Waals surface area contributed by atoms with Crippen LogP contribution >= 0.6 is 11.6 Å². The lowest BCUT2D eigenvalue weighted by atomic mass is 9.93. The Morgan fingerprint density at radius 2 is 1.79 bits per heavy atom. The lowest BCUT2D eigenvalue weighted by Crippen LogP contribution is -2.02. The van der Waals surface area contributed by atoms with E-state index in [9.17, 15) is 0 Å². The molecule has 0 aliphatic rings.